The van der Waals surface area contributed by atoms with Crippen LogP contribution in [0.4, 0.5) is 35.1 Å². The molecule has 0 atom stereocenters. The highest BCUT2D eigenvalue weighted by molar-refractivity contribution is 4.79. The van der Waals surface area contributed by atoms with Gasteiger partial charge in [0.15, 0.2) is 0 Å². The lowest BCUT2D eigenvalue weighted by Crippen LogP contribution is -2.43. The van der Waals surface area contributed by atoms with Crippen LogP contribution in [-0.2, 0) is 9.47 Å². The maximum absolute atomic E-state index is 12.6. The molecule has 0 bridgehead atoms. The van der Waals surface area contributed by atoms with Crippen molar-refractivity contribution in [3.8, 4) is 0 Å². The Labute approximate surface area is 126 Å². The summed E-state index contributed by atoms with van der Waals surface area (Å²) in [5.74, 6) is -8.97. The molecule has 0 aromatic heterocycles. The molecule has 0 aromatic rings. The van der Waals surface area contributed by atoms with Gasteiger partial charge < -0.3 is 19.7 Å². The van der Waals surface area contributed by atoms with Crippen molar-refractivity contribution >= 4 is 0 Å². The smallest absolute Gasteiger partial charge is 0.330 e. The third-order valence-corrected chi connectivity index (χ3v) is 2.71. The van der Waals surface area contributed by atoms with E-state index in [1.807, 2.05) is 0 Å². The second-order valence-corrected chi connectivity index (χ2v) is 4.93. The molecule has 0 aliphatic heterocycles. The van der Waals surface area contributed by atoms with Gasteiger partial charge >= 0.3 is 24.7 Å². The largest absolute Gasteiger partial charge is 0.396 e. The average Bonchev–Trinajstić information content (AvgIpc) is 2.45. The second-order valence-electron chi connectivity index (χ2n) is 4.93. The van der Waals surface area contributed by atoms with Gasteiger partial charge in [-0.1, -0.05) is 0 Å². The summed E-state index contributed by atoms with van der Waals surface area (Å²) in [6, 6.07) is 0. The third kappa shape index (κ3) is 7.14. The summed E-state index contributed by atoms with van der Waals surface area (Å²) in [5, 5.41) is 18.1. The van der Waals surface area contributed by atoms with Crippen LogP contribution in [-0.4, -0.2) is 74.6 Å². The number of rotatable bonds is 12. The first-order chi connectivity index (χ1) is 10.4. The molecular formula is C11H16F8O4. The Kier molecular flexibility index (Phi) is 8.66. The lowest BCUT2D eigenvalue weighted by Gasteiger charge is -2.30. The summed E-state index contributed by atoms with van der Waals surface area (Å²) in [7, 11) is 0. The molecule has 140 valence electrons. The molecule has 0 radical (unpaired) electrons. The summed E-state index contributed by atoms with van der Waals surface area (Å²) in [6.45, 7) is -7.40. The predicted octanol–water partition coefficient (Wildman–Crippen LogP) is 1.79. The fourth-order valence-corrected chi connectivity index (χ4v) is 1.21. The van der Waals surface area contributed by atoms with Gasteiger partial charge in [-0.05, 0) is 0 Å². The molecule has 23 heavy (non-hydrogen) atoms. The van der Waals surface area contributed by atoms with Crippen LogP contribution in [0, 0.1) is 5.41 Å². The minimum Gasteiger partial charge on any atom is -0.396 e. The molecule has 12 heteroatoms. The molecule has 0 rings (SSSR count). The molecule has 0 unspecified atom stereocenters. The standard InChI is InChI=1S/C11H16F8O4/c12-7(13)10(16,17)5-22-3-9(1-20,2-21)4-23-6-11(18,19)8(14)15/h7-8,20-21H,1-6H2. The Morgan fingerprint density at radius 2 is 0.957 bits per heavy atom. The number of hydrogen-bond donors (Lipinski definition) is 2. The van der Waals surface area contributed by atoms with Gasteiger partial charge in [0.1, 0.15) is 13.2 Å². The molecule has 4 nitrogen and oxygen atoms in total. The van der Waals surface area contributed by atoms with Crippen molar-refractivity contribution in [2.75, 3.05) is 39.6 Å². The molecular weight excluding hydrogens is 348 g/mol. The minimum atomic E-state index is -4.49. The van der Waals surface area contributed by atoms with E-state index in [4.69, 9.17) is 10.2 Å². The van der Waals surface area contributed by atoms with E-state index in [0.717, 1.165) is 0 Å². The first-order valence-corrected chi connectivity index (χ1v) is 6.11. The molecule has 0 aliphatic carbocycles. The van der Waals surface area contributed by atoms with Gasteiger partial charge in [-0.15, -0.1) is 0 Å². The van der Waals surface area contributed by atoms with Crippen LogP contribution in [0.3, 0.4) is 0 Å². The van der Waals surface area contributed by atoms with Gasteiger partial charge in [0.2, 0.25) is 0 Å². The molecule has 0 spiro atoms. The molecule has 0 amide bonds. The minimum absolute atomic E-state index is 0.942. The van der Waals surface area contributed by atoms with Crippen molar-refractivity contribution in [2.45, 2.75) is 24.7 Å². The Morgan fingerprint density at radius 3 is 1.17 bits per heavy atom. The Hall–Kier alpha value is -0.720. The normalized spacial score (nSPS) is 14.1. The quantitative estimate of drug-likeness (QED) is 0.519. The zero-order chi connectivity index (χ0) is 18.3. The zero-order valence-corrected chi connectivity index (χ0v) is 11.6. The molecule has 0 fully saturated rings. The van der Waals surface area contributed by atoms with Gasteiger partial charge in [-0.3, -0.25) is 0 Å². The van der Waals surface area contributed by atoms with Crippen LogP contribution >= 0.6 is 0 Å². The van der Waals surface area contributed by atoms with E-state index in [0.29, 0.717) is 0 Å². The molecule has 0 saturated heterocycles. The van der Waals surface area contributed by atoms with Crippen molar-refractivity contribution < 1.29 is 54.8 Å². The van der Waals surface area contributed by atoms with Crippen LogP contribution in [0.1, 0.15) is 0 Å². The topological polar surface area (TPSA) is 58.9 Å². The van der Waals surface area contributed by atoms with Crippen molar-refractivity contribution in [2.24, 2.45) is 5.41 Å². The monoisotopic (exact) mass is 364 g/mol. The van der Waals surface area contributed by atoms with Gasteiger partial charge in [0.25, 0.3) is 0 Å². The van der Waals surface area contributed by atoms with Crippen molar-refractivity contribution in [3.63, 3.8) is 0 Å². The maximum atomic E-state index is 12.6. The Bertz CT molecular complexity index is 308. The van der Waals surface area contributed by atoms with Crippen LogP contribution in [0.2, 0.25) is 0 Å². The van der Waals surface area contributed by atoms with Crippen molar-refractivity contribution in [1.29, 1.82) is 0 Å². The van der Waals surface area contributed by atoms with Gasteiger partial charge in [0, 0.05) is 0 Å². The van der Waals surface area contributed by atoms with E-state index in [1.54, 1.807) is 0 Å². The highest BCUT2D eigenvalue weighted by Crippen LogP contribution is 2.26. The lowest BCUT2D eigenvalue weighted by molar-refractivity contribution is -0.192. The summed E-state index contributed by atoms with van der Waals surface area (Å²) in [6.07, 6.45) is -8.03. The summed E-state index contributed by atoms with van der Waals surface area (Å²) in [5.41, 5.74) is -1.89. The van der Waals surface area contributed by atoms with Gasteiger partial charge in [-0.25, -0.2) is 17.6 Å². The third-order valence-electron chi connectivity index (χ3n) is 2.71. The van der Waals surface area contributed by atoms with E-state index in [2.05, 4.69) is 9.47 Å². The van der Waals surface area contributed by atoms with Crippen LogP contribution < -0.4 is 0 Å². The maximum Gasteiger partial charge on any atom is 0.330 e. The molecule has 0 saturated carbocycles. The summed E-state index contributed by atoms with van der Waals surface area (Å²) >= 11 is 0. The van der Waals surface area contributed by atoms with Crippen LogP contribution in [0.25, 0.3) is 0 Å². The van der Waals surface area contributed by atoms with E-state index in [9.17, 15) is 35.1 Å². The number of halogens is 8. The number of alkyl halides is 8. The fourth-order valence-electron chi connectivity index (χ4n) is 1.21. The van der Waals surface area contributed by atoms with Gasteiger partial charge in [-0.2, -0.15) is 17.6 Å². The van der Waals surface area contributed by atoms with Crippen LogP contribution in [0.5, 0.6) is 0 Å². The van der Waals surface area contributed by atoms with E-state index in [1.165, 1.54) is 0 Å². The predicted molar refractivity (Wildman–Crippen MR) is 60.1 cm³/mol. The molecule has 0 aromatic carbocycles. The second kappa shape index (κ2) is 8.94. The highest BCUT2D eigenvalue weighted by Gasteiger charge is 2.43. The zero-order valence-electron chi connectivity index (χ0n) is 11.6. The fraction of sp³-hybridized carbons (Fsp3) is 1.00. The Balaban J connectivity index is 4.52. The molecule has 0 aliphatic rings. The first-order valence-electron chi connectivity index (χ1n) is 6.11. The average molecular weight is 364 g/mol. The van der Waals surface area contributed by atoms with Crippen LogP contribution in [0.15, 0.2) is 0 Å². The number of hydrogen-bond acceptors (Lipinski definition) is 4. The highest BCUT2D eigenvalue weighted by atomic mass is 19.3. The Morgan fingerprint density at radius 1 is 0.652 bits per heavy atom. The lowest BCUT2D eigenvalue weighted by atomic mass is 9.92. The molecule has 2 N–H and O–H groups in total. The van der Waals surface area contributed by atoms with E-state index >= 15 is 0 Å². The van der Waals surface area contributed by atoms with E-state index in [-0.39, 0.29) is 0 Å². The van der Waals surface area contributed by atoms with Crippen molar-refractivity contribution in [1.82, 2.24) is 0 Å². The number of aliphatic hydroxyl groups is 2. The van der Waals surface area contributed by atoms with Crippen molar-refractivity contribution in [3.05, 3.63) is 0 Å². The summed E-state index contributed by atoms with van der Waals surface area (Å²) < 4.78 is 107. The SMILES string of the molecule is OCC(CO)(COCC(F)(F)C(F)F)COCC(F)(F)C(F)F. The number of ether oxygens (including phenoxy) is 2. The first kappa shape index (κ1) is 22.3. The van der Waals surface area contributed by atoms with Gasteiger partial charge in [0.05, 0.1) is 31.8 Å². The molecule has 0 heterocycles. The summed E-state index contributed by atoms with van der Waals surface area (Å²) in [4.78, 5) is 0. The number of aliphatic hydroxyl groups excluding tert-OH is 2. The van der Waals surface area contributed by atoms with E-state index < -0.39 is 69.8 Å².